The van der Waals surface area contributed by atoms with Gasteiger partial charge in [-0.15, -0.1) is 10.2 Å². The number of Topliss-reactive ketones (excluding diaryl/α,β-unsaturated/α-hetero) is 1. The molecule has 1 heterocycles. The van der Waals surface area contributed by atoms with Gasteiger partial charge >= 0.3 is 0 Å². The molecule has 0 atom stereocenters. The number of halogens is 1. The summed E-state index contributed by atoms with van der Waals surface area (Å²) in [4.78, 5) is 12.1. The number of ketones is 1. The van der Waals surface area contributed by atoms with E-state index in [2.05, 4.69) is 10.2 Å². The predicted octanol–water partition coefficient (Wildman–Crippen LogP) is 4.27. The van der Waals surface area contributed by atoms with Gasteiger partial charge in [0.1, 0.15) is 22.3 Å². The molecule has 1 aromatic heterocycles. The van der Waals surface area contributed by atoms with E-state index in [4.69, 9.17) is 9.47 Å². The second-order valence-corrected chi connectivity index (χ2v) is 6.54. The minimum Gasteiger partial charge on any atom is -0.497 e. The topological polar surface area (TPSA) is 61.3 Å². The fraction of sp³-hybridized carbons (Fsp3) is 0.150. The lowest BCUT2D eigenvalue weighted by Crippen LogP contribution is -2.03. The third-order valence-electron chi connectivity index (χ3n) is 3.84. The number of benzene rings is 2. The van der Waals surface area contributed by atoms with E-state index in [1.807, 2.05) is 18.2 Å². The van der Waals surface area contributed by atoms with Gasteiger partial charge in [-0.1, -0.05) is 11.8 Å². The minimum absolute atomic E-state index is 0.0947. The van der Waals surface area contributed by atoms with Crippen LogP contribution in [0.3, 0.4) is 0 Å². The average Bonchev–Trinajstić information content (AvgIpc) is 2.72. The molecule has 7 heteroatoms. The summed E-state index contributed by atoms with van der Waals surface area (Å²) in [6.45, 7) is 0. The highest BCUT2D eigenvalue weighted by Crippen LogP contribution is 2.32. The number of carbonyl (C=O) groups excluding carboxylic acids is 1. The van der Waals surface area contributed by atoms with E-state index >= 15 is 0 Å². The van der Waals surface area contributed by atoms with Crippen LogP contribution >= 0.6 is 11.8 Å². The van der Waals surface area contributed by atoms with Crippen LogP contribution in [0, 0.1) is 5.82 Å². The van der Waals surface area contributed by atoms with E-state index < -0.39 is 0 Å². The molecule has 0 fully saturated rings. The number of aromatic nitrogens is 2. The molecule has 0 radical (unpaired) electrons. The number of ether oxygens (including phenoxy) is 2. The summed E-state index contributed by atoms with van der Waals surface area (Å²) < 4.78 is 23.5. The van der Waals surface area contributed by atoms with Gasteiger partial charge in [0.2, 0.25) is 0 Å². The Labute approximate surface area is 160 Å². The van der Waals surface area contributed by atoms with Gasteiger partial charge in [0.15, 0.2) is 5.78 Å². The molecule has 0 saturated heterocycles. The summed E-state index contributed by atoms with van der Waals surface area (Å²) in [5.41, 5.74) is 1.92. The maximum Gasteiger partial charge on any atom is 0.173 e. The van der Waals surface area contributed by atoms with Crippen LogP contribution in [-0.2, 0) is 0 Å². The minimum atomic E-state index is -0.366. The van der Waals surface area contributed by atoms with Crippen molar-refractivity contribution in [2.45, 2.75) is 5.03 Å². The van der Waals surface area contributed by atoms with Gasteiger partial charge in [0, 0.05) is 17.2 Å². The SMILES string of the molecule is COc1ccc(-c2ccc(SCC(=O)c3ccc(F)cc3)nn2)c(OC)c1. The molecule has 2 aromatic carbocycles. The highest BCUT2D eigenvalue weighted by molar-refractivity contribution is 7.99. The predicted molar refractivity (Wildman–Crippen MR) is 102 cm³/mol. The Morgan fingerprint density at radius 2 is 1.78 bits per heavy atom. The number of methoxy groups -OCH3 is 2. The third-order valence-corrected chi connectivity index (χ3v) is 4.76. The Bertz CT molecular complexity index is 931. The molecule has 0 amide bonds. The van der Waals surface area contributed by atoms with E-state index in [0.29, 0.717) is 27.8 Å². The van der Waals surface area contributed by atoms with Crippen molar-refractivity contribution < 1.29 is 18.7 Å². The first-order chi connectivity index (χ1) is 13.1. The van der Waals surface area contributed by atoms with E-state index in [0.717, 1.165) is 5.56 Å². The average molecular weight is 384 g/mol. The number of thioether (sulfide) groups is 1. The van der Waals surface area contributed by atoms with E-state index in [1.165, 1.54) is 36.0 Å². The van der Waals surface area contributed by atoms with Crippen LogP contribution in [0.5, 0.6) is 11.5 Å². The third kappa shape index (κ3) is 4.62. The molecule has 0 spiro atoms. The van der Waals surface area contributed by atoms with Gasteiger partial charge in [-0.25, -0.2) is 4.39 Å². The number of carbonyl (C=O) groups is 1. The van der Waals surface area contributed by atoms with Gasteiger partial charge in [-0.2, -0.15) is 0 Å². The first-order valence-electron chi connectivity index (χ1n) is 8.08. The lowest BCUT2D eigenvalue weighted by molar-refractivity contribution is 0.102. The second-order valence-electron chi connectivity index (χ2n) is 5.54. The van der Waals surface area contributed by atoms with Crippen molar-refractivity contribution in [1.82, 2.24) is 10.2 Å². The summed E-state index contributed by atoms with van der Waals surface area (Å²) >= 11 is 1.28. The summed E-state index contributed by atoms with van der Waals surface area (Å²) in [6.07, 6.45) is 0. The van der Waals surface area contributed by atoms with Gasteiger partial charge in [-0.3, -0.25) is 4.79 Å². The van der Waals surface area contributed by atoms with Crippen molar-refractivity contribution >= 4 is 17.5 Å². The largest absolute Gasteiger partial charge is 0.497 e. The Morgan fingerprint density at radius 1 is 1.00 bits per heavy atom. The molecule has 3 rings (SSSR count). The Balaban J connectivity index is 1.68. The molecule has 0 saturated carbocycles. The molecule has 27 heavy (non-hydrogen) atoms. The molecular weight excluding hydrogens is 367 g/mol. The second kappa shape index (κ2) is 8.64. The molecule has 0 N–H and O–H groups in total. The fourth-order valence-corrected chi connectivity index (χ4v) is 3.12. The van der Waals surface area contributed by atoms with Crippen molar-refractivity contribution in [3.8, 4) is 22.8 Å². The van der Waals surface area contributed by atoms with Crippen molar-refractivity contribution in [2.24, 2.45) is 0 Å². The monoisotopic (exact) mass is 384 g/mol. The smallest absolute Gasteiger partial charge is 0.173 e. The van der Waals surface area contributed by atoms with Crippen molar-refractivity contribution in [3.63, 3.8) is 0 Å². The summed E-state index contributed by atoms with van der Waals surface area (Å²) in [7, 11) is 3.17. The van der Waals surface area contributed by atoms with E-state index in [-0.39, 0.29) is 17.4 Å². The standard InChI is InChI=1S/C20H17FN2O3S/c1-25-15-7-8-16(19(11-15)26-2)17-9-10-20(23-22-17)27-12-18(24)13-3-5-14(21)6-4-13/h3-11H,12H2,1-2H3. The fourth-order valence-electron chi connectivity index (χ4n) is 2.41. The lowest BCUT2D eigenvalue weighted by atomic mass is 10.1. The lowest BCUT2D eigenvalue weighted by Gasteiger charge is -2.09. The normalized spacial score (nSPS) is 10.5. The molecule has 0 bridgehead atoms. The van der Waals surface area contributed by atoms with E-state index in [1.54, 1.807) is 26.4 Å². The number of hydrogen-bond donors (Lipinski definition) is 0. The maximum absolute atomic E-state index is 12.9. The molecule has 138 valence electrons. The zero-order valence-corrected chi connectivity index (χ0v) is 15.6. The zero-order valence-electron chi connectivity index (χ0n) is 14.8. The van der Waals surface area contributed by atoms with Crippen molar-refractivity contribution in [1.29, 1.82) is 0 Å². The van der Waals surface area contributed by atoms with E-state index in [9.17, 15) is 9.18 Å². The number of nitrogens with zero attached hydrogens (tertiary/aromatic N) is 2. The molecule has 0 aliphatic rings. The molecule has 0 aliphatic heterocycles. The summed E-state index contributed by atoms with van der Waals surface area (Å²) in [5, 5.41) is 9.02. The first kappa shape index (κ1) is 18.8. The van der Waals surface area contributed by atoms with Crippen LogP contribution in [0.2, 0.25) is 0 Å². The van der Waals surface area contributed by atoms with Gasteiger partial charge in [0.25, 0.3) is 0 Å². The van der Waals surface area contributed by atoms with Crippen LogP contribution in [-0.4, -0.2) is 36.0 Å². The first-order valence-corrected chi connectivity index (χ1v) is 9.07. The van der Waals surface area contributed by atoms with Gasteiger partial charge in [0.05, 0.1) is 25.7 Å². The zero-order chi connectivity index (χ0) is 19.2. The molecule has 5 nitrogen and oxygen atoms in total. The Morgan fingerprint density at radius 3 is 2.41 bits per heavy atom. The Hall–Kier alpha value is -2.93. The van der Waals surface area contributed by atoms with Gasteiger partial charge < -0.3 is 9.47 Å². The number of hydrogen-bond acceptors (Lipinski definition) is 6. The number of rotatable bonds is 7. The van der Waals surface area contributed by atoms with Crippen LogP contribution in [0.15, 0.2) is 59.6 Å². The molecule has 3 aromatic rings. The Kier molecular flexibility index (Phi) is 6.03. The highest BCUT2D eigenvalue weighted by atomic mass is 32.2. The maximum atomic E-state index is 12.9. The molecule has 0 aliphatic carbocycles. The van der Waals surface area contributed by atoms with Crippen LogP contribution in [0.25, 0.3) is 11.3 Å². The quantitative estimate of drug-likeness (QED) is 0.448. The van der Waals surface area contributed by atoms with Crippen LogP contribution < -0.4 is 9.47 Å². The molecular formula is C20H17FN2O3S. The molecule has 0 unspecified atom stereocenters. The van der Waals surface area contributed by atoms with Crippen LogP contribution in [0.1, 0.15) is 10.4 Å². The summed E-state index contributed by atoms with van der Waals surface area (Å²) in [5.74, 6) is 1.06. The van der Waals surface area contributed by atoms with Crippen molar-refractivity contribution in [3.05, 3.63) is 66.0 Å². The van der Waals surface area contributed by atoms with Gasteiger partial charge in [-0.05, 0) is 48.5 Å². The summed E-state index contributed by atoms with van der Waals surface area (Å²) in [6, 6.07) is 14.6. The van der Waals surface area contributed by atoms with Crippen molar-refractivity contribution in [2.75, 3.05) is 20.0 Å². The van der Waals surface area contributed by atoms with Crippen LogP contribution in [0.4, 0.5) is 4.39 Å². The highest BCUT2D eigenvalue weighted by Gasteiger charge is 2.11.